The molecule has 0 spiro atoms. The summed E-state index contributed by atoms with van der Waals surface area (Å²) in [6.07, 6.45) is 0. The van der Waals surface area contributed by atoms with Crippen molar-refractivity contribution in [1.29, 1.82) is 0 Å². The zero-order valence-electron chi connectivity index (χ0n) is 11.8. The summed E-state index contributed by atoms with van der Waals surface area (Å²) in [7, 11) is 0. The molecule has 6 heteroatoms. The molecule has 0 saturated carbocycles. The van der Waals surface area contributed by atoms with Gasteiger partial charge in [0, 0.05) is 35.2 Å². The van der Waals surface area contributed by atoms with E-state index in [0.717, 1.165) is 40.2 Å². The number of fused-ring (bicyclic) bond motifs is 1. The number of hydrogen-bond donors (Lipinski definition) is 2. The minimum atomic E-state index is 0.557. The van der Waals surface area contributed by atoms with Crippen LogP contribution < -0.4 is 5.32 Å². The Hall–Kier alpha value is -1.49. The number of hydrogen-bond acceptors (Lipinski definition) is 3. The number of benzene rings is 1. The normalized spacial score (nSPS) is 11.4. The molecule has 0 aliphatic carbocycles. The molecule has 0 fully saturated rings. The highest BCUT2D eigenvalue weighted by Crippen LogP contribution is 2.28. The molecular weight excluding hydrogens is 309 g/mol. The van der Waals surface area contributed by atoms with E-state index >= 15 is 0 Å². The van der Waals surface area contributed by atoms with Gasteiger partial charge in [0.1, 0.15) is 5.76 Å². The number of H-pyrrole nitrogens is 1. The lowest BCUT2D eigenvalue weighted by molar-refractivity contribution is 0.392. The summed E-state index contributed by atoms with van der Waals surface area (Å²) in [5.74, 6) is 0.857. The quantitative estimate of drug-likeness (QED) is 0.749. The summed E-state index contributed by atoms with van der Waals surface area (Å²) < 4.78 is 5.15. The molecular formula is C15H15Cl2N3O. The lowest BCUT2D eigenvalue weighted by Crippen LogP contribution is -2.13. The Morgan fingerprint density at radius 3 is 2.62 bits per heavy atom. The predicted molar refractivity (Wildman–Crippen MR) is 84.8 cm³/mol. The van der Waals surface area contributed by atoms with E-state index in [2.05, 4.69) is 21.5 Å². The van der Waals surface area contributed by atoms with Gasteiger partial charge in [0.25, 0.3) is 0 Å². The predicted octanol–water partition coefficient (Wildman–Crippen LogP) is 4.37. The van der Waals surface area contributed by atoms with E-state index in [1.54, 1.807) is 0 Å². The van der Waals surface area contributed by atoms with Crippen molar-refractivity contribution in [3.63, 3.8) is 0 Å². The summed E-state index contributed by atoms with van der Waals surface area (Å²) >= 11 is 12.0. The topological polar surface area (TPSA) is 53.9 Å². The monoisotopic (exact) mass is 323 g/mol. The largest absolute Gasteiger partial charge is 0.361 e. The van der Waals surface area contributed by atoms with Gasteiger partial charge in [-0.25, -0.2) is 0 Å². The highest BCUT2D eigenvalue weighted by atomic mass is 35.5. The standard InChI is InChI=1S/C15H15Cl2N3O/c1-8-12(9(2)21-20-8)7-18-6-11-3-10-4-13(16)14(17)5-15(10)19-11/h3-5,18-19H,6-7H2,1-2H3. The van der Waals surface area contributed by atoms with E-state index in [-0.39, 0.29) is 0 Å². The SMILES string of the molecule is Cc1noc(C)c1CNCc1cc2cc(Cl)c(Cl)cc2[nH]1. The number of rotatable bonds is 4. The van der Waals surface area contributed by atoms with Crippen molar-refractivity contribution < 1.29 is 4.52 Å². The molecule has 0 radical (unpaired) electrons. The van der Waals surface area contributed by atoms with Gasteiger partial charge >= 0.3 is 0 Å². The first-order chi connectivity index (χ1) is 10.0. The molecule has 0 aliphatic rings. The van der Waals surface area contributed by atoms with Crippen LogP contribution in [0.15, 0.2) is 22.7 Å². The lowest BCUT2D eigenvalue weighted by Gasteiger charge is -2.02. The minimum absolute atomic E-state index is 0.557. The van der Waals surface area contributed by atoms with Crippen molar-refractivity contribution in [2.45, 2.75) is 26.9 Å². The van der Waals surface area contributed by atoms with Crippen LogP contribution in [0, 0.1) is 13.8 Å². The summed E-state index contributed by atoms with van der Waals surface area (Å²) in [6, 6.07) is 5.78. The molecule has 2 heterocycles. The van der Waals surface area contributed by atoms with E-state index in [1.165, 1.54) is 0 Å². The van der Waals surface area contributed by atoms with Crippen LogP contribution in [-0.4, -0.2) is 10.1 Å². The fraction of sp³-hybridized carbons (Fsp3) is 0.267. The molecule has 2 N–H and O–H groups in total. The van der Waals surface area contributed by atoms with Gasteiger partial charge in [0.05, 0.1) is 15.7 Å². The van der Waals surface area contributed by atoms with Gasteiger partial charge in [-0.15, -0.1) is 0 Å². The van der Waals surface area contributed by atoms with E-state index < -0.39 is 0 Å². The summed E-state index contributed by atoms with van der Waals surface area (Å²) in [5.41, 5.74) is 4.10. The minimum Gasteiger partial charge on any atom is -0.361 e. The molecule has 0 bridgehead atoms. The first-order valence-corrected chi connectivity index (χ1v) is 7.39. The van der Waals surface area contributed by atoms with Crippen LogP contribution in [-0.2, 0) is 13.1 Å². The van der Waals surface area contributed by atoms with Gasteiger partial charge in [0.15, 0.2) is 0 Å². The number of aromatic amines is 1. The molecule has 0 saturated heterocycles. The molecule has 4 nitrogen and oxygen atoms in total. The zero-order chi connectivity index (χ0) is 15.0. The Morgan fingerprint density at radius 2 is 1.90 bits per heavy atom. The van der Waals surface area contributed by atoms with Crippen LogP contribution in [0.3, 0.4) is 0 Å². The zero-order valence-corrected chi connectivity index (χ0v) is 13.3. The molecule has 0 amide bonds. The Kier molecular flexibility index (Phi) is 3.93. The Balaban J connectivity index is 1.71. The number of aryl methyl sites for hydroxylation is 2. The second-order valence-corrected chi connectivity index (χ2v) is 5.87. The molecule has 0 unspecified atom stereocenters. The maximum atomic E-state index is 6.02. The van der Waals surface area contributed by atoms with Crippen molar-refractivity contribution >= 4 is 34.1 Å². The van der Waals surface area contributed by atoms with Crippen LogP contribution in [0.5, 0.6) is 0 Å². The van der Waals surface area contributed by atoms with E-state index in [1.807, 2.05) is 26.0 Å². The van der Waals surface area contributed by atoms with Gasteiger partial charge in [-0.1, -0.05) is 28.4 Å². The maximum Gasteiger partial charge on any atom is 0.138 e. The highest BCUT2D eigenvalue weighted by Gasteiger charge is 2.09. The van der Waals surface area contributed by atoms with Crippen LogP contribution in [0.1, 0.15) is 22.7 Å². The van der Waals surface area contributed by atoms with Crippen molar-refractivity contribution in [3.05, 3.63) is 51.0 Å². The third-order valence-corrected chi connectivity index (χ3v) is 4.24. The molecule has 0 aliphatic heterocycles. The Bertz CT molecular complexity index is 733. The molecule has 3 aromatic rings. The first kappa shape index (κ1) is 14.4. The smallest absolute Gasteiger partial charge is 0.138 e. The average molecular weight is 324 g/mol. The molecule has 110 valence electrons. The molecule has 0 atom stereocenters. The average Bonchev–Trinajstić information content (AvgIpc) is 2.96. The molecule has 21 heavy (non-hydrogen) atoms. The number of nitrogens with zero attached hydrogens (tertiary/aromatic N) is 1. The first-order valence-electron chi connectivity index (χ1n) is 6.63. The van der Waals surface area contributed by atoms with Gasteiger partial charge < -0.3 is 14.8 Å². The number of aromatic nitrogens is 2. The Labute approximate surface area is 132 Å². The number of nitrogens with one attached hydrogen (secondary N) is 2. The maximum absolute atomic E-state index is 6.02. The third-order valence-electron chi connectivity index (χ3n) is 3.52. The van der Waals surface area contributed by atoms with E-state index in [4.69, 9.17) is 27.7 Å². The molecule has 1 aromatic carbocycles. The van der Waals surface area contributed by atoms with Gasteiger partial charge in [-0.3, -0.25) is 0 Å². The van der Waals surface area contributed by atoms with Gasteiger partial charge in [-0.05, 0) is 32.0 Å². The second-order valence-electron chi connectivity index (χ2n) is 5.05. The van der Waals surface area contributed by atoms with E-state index in [9.17, 15) is 0 Å². The fourth-order valence-electron chi connectivity index (χ4n) is 2.36. The summed E-state index contributed by atoms with van der Waals surface area (Å²) in [4.78, 5) is 3.33. The van der Waals surface area contributed by atoms with Crippen molar-refractivity contribution in [2.24, 2.45) is 0 Å². The van der Waals surface area contributed by atoms with Crippen molar-refractivity contribution in [1.82, 2.24) is 15.5 Å². The van der Waals surface area contributed by atoms with Crippen LogP contribution in [0.25, 0.3) is 10.9 Å². The number of halogens is 2. The third kappa shape index (κ3) is 2.93. The highest BCUT2D eigenvalue weighted by molar-refractivity contribution is 6.42. The van der Waals surface area contributed by atoms with Crippen LogP contribution in [0.4, 0.5) is 0 Å². The molecule has 2 aromatic heterocycles. The van der Waals surface area contributed by atoms with Crippen molar-refractivity contribution in [3.8, 4) is 0 Å². The van der Waals surface area contributed by atoms with Gasteiger partial charge in [-0.2, -0.15) is 0 Å². The lowest BCUT2D eigenvalue weighted by atomic mass is 10.2. The second kappa shape index (κ2) is 5.72. The fourth-order valence-corrected chi connectivity index (χ4v) is 2.69. The van der Waals surface area contributed by atoms with Crippen LogP contribution >= 0.6 is 23.2 Å². The summed E-state index contributed by atoms with van der Waals surface area (Å²) in [6.45, 7) is 5.30. The van der Waals surface area contributed by atoms with Gasteiger partial charge in [0.2, 0.25) is 0 Å². The van der Waals surface area contributed by atoms with E-state index in [0.29, 0.717) is 16.6 Å². The Morgan fingerprint density at radius 1 is 1.14 bits per heavy atom. The van der Waals surface area contributed by atoms with Crippen molar-refractivity contribution in [2.75, 3.05) is 0 Å². The summed E-state index contributed by atoms with van der Waals surface area (Å²) in [5, 5.41) is 9.50. The molecule has 3 rings (SSSR count). The van der Waals surface area contributed by atoms with Crippen LogP contribution in [0.2, 0.25) is 10.0 Å².